The second kappa shape index (κ2) is 9.52. The molecule has 3 rings (SSSR count). The molecule has 0 aromatic heterocycles. The monoisotopic (exact) mass is 402 g/mol. The van der Waals surface area contributed by atoms with Gasteiger partial charge in [0.1, 0.15) is 5.75 Å². The number of hydrogen-bond acceptors (Lipinski definition) is 4. The zero-order valence-electron chi connectivity index (χ0n) is 16.5. The number of phenolic OH excluding ortho intramolecular Hbond substituents is 1. The minimum Gasteiger partial charge on any atom is -0.508 e. The first kappa shape index (κ1) is 20.8. The molecule has 2 amide bonds. The van der Waals surface area contributed by atoms with E-state index < -0.39 is 0 Å². The molecule has 0 aliphatic carbocycles. The van der Waals surface area contributed by atoms with Crippen LogP contribution in [0, 0.1) is 6.92 Å². The Bertz CT molecular complexity index is 1060. The summed E-state index contributed by atoms with van der Waals surface area (Å²) >= 11 is 0. The van der Waals surface area contributed by atoms with Crippen LogP contribution in [-0.2, 0) is 0 Å². The van der Waals surface area contributed by atoms with E-state index in [9.17, 15) is 19.5 Å². The predicted molar refractivity (Wildman–Crippen MR) is 114 cm³/mol. The first-order chi connectivity index (χ1) is 14.5. The van der Waals surface area contributed by atoms with E-state index in [0.717, 1.165) is 5.56 Å². The maximum absolute atomic E-state index is 12.8. The van der Waals surface area contributed by atoms with Gasteiger partial charge in [0.15, 0.2) is 5.78 Å². The molecule has 152 valence electrons. The number of phenols is 1. The molecule has 0 heterocycles. The summed E-state index contributed by atoms with van der Waals surface area (Å²) in [5.41, 5.74) is 2.59. The number of aryl methyl sites for hydroxylation is 1. The van der Waals surface area contributed by atoms with Crippen molar-refractivity contribution in [2.24, 2.45) is 0 Å². The fourth-order valence-corrected chi connectivity index (χ4v) is 2.90. The second-order valence-electron chi connectivity index (χ2n) is 6.80. The van der Waals surface area contributed by atoms with Crippen molar-refractivity contribution in [3.63, 3.8) is 0 Å². The Balaban J connectivity index is 1.59. The van der Waals surface area contributed by atoms with Crippen LogP contribution in [0.15, 0.2) is 72.8 Å². The summed E-state index contributed by atoms with van der Waals surface area (Å²) in [7, 11) is 0. The lowest BCUT2D eigenvalue weighted by atomic mass is 9.97. The minimum absolute atomic E-state index is 0.0812. The van der Waals surface area contributed by atoms with Crippen molar-refractivity contribution in [3.8, 4) is 5.75 Å². The summed E-state index contributed by atoms with van der Waals surface area (Å²) < 4.78 is 0. The Morgan fingerprint density at radius 3 is 1.87 bits per heavy atom. The maximum Gasteiger partial charge on any atom is 0.252 e. The fraction of sp³-hybridized carbons (Fsp3) is 0.125. The Morgan fingerprint density at radius 2 is 1.23 bits per heavy atom. The zero-order chi connectivity index (χ0) is 21.5. The number of nitrogens with one attached hydrogen (secondary N) is 2. The lowest BCUT2D eigenvalue weighted by Gasteiger charge is -2.10. The van der Waals surface area contributed by atoms with Gasteiger partial charge in [0, 0.05) is 29.8 Å². The van der Waals surface area contributed by atoms with Gasteiger partial charge in [-0.2, -0.15) is 0 Å². The van der Waals surface area contributed by atoms with Gasteiger partial charge in [-0.3, -0.25) is 14.4 Å². The molecule has 0 atom stereocenters. The molecule has 0 saturated carbocycles. The number of ketones is 1. The summed E-state index contributed by atoms with van der Waals surface area (Å²) in [6, 6.07) is 19.7. The molecule has 6 nitrogen and oxygen atoms in total. The first-order valence-electron chi connectivity index (χ1n) is 9.51. The Morgan fingerprint density at radius 1 is 0.700 bits per heavy atom. The molecule has 3 aromatic carbocycles. The first-order valence-corrected chi connectivity index (χ1v) is 9.51. The number of benzene rings is 3. The highest BCUT2D eigenvalue weighted by Gasteiger charge is 2.17. The van der Waals surface area contributed by atoms with Crippen LogP contribution >= 0.6 is 0 Å². The van der Waals surface area contributed by atoms with E-state index in [1.165, 1.54) is 24.3 Å². The average Bonchev–Trinajstić information content (AvgIpc) is 2.77. The van der Waals surface area contributed by atoms with E-state index in [1.807, 2.05) is 19.1 Å². The Kier molecular flexibility index (Phi) is 6.60. The normalized spacial score (nSPS) is 10.3. The second-order valence-corrected chi connectivity index (χ2v) is 6.80. The van der Waals surface area contributed by atoms with Crippen LogP contribution in [0.5, 0.6) is 5.75 Å². The molecule has 0 bridgehead atoms. The van der Waals surface area contributed by atoms with Gasteiger partial charge >= 0.3 is 0 Å². The van der Waals surface area contributed by atoms with Crippen molar-refractivity contribution < 1.29 is 19.5 Å². The van der Waals surface area contributed by atoms with Crippen molar-refractivity contribution in [1.29, 1.82) is 0 Å². The molecular formula is C24H22N2O4. The summed E-state index contributed by atoms with van der Waals surface area (Å²) in [4.78, 5) is 37.5. The van der Waals surface area contributed by atoms with Crippen LogP contribution in [0.3, 0.4) is 0 Å². The van der Waals surface area contributed by atoms with Crippen LogP contribution < -0.4 is 10.6 Å². The number of rotatable bonds is 7. The molecular weight excluding hydrogens is 380 g/mol. The Hall–Kier alpha value is -3.93. The summed E-state index contributed by atoms with van der Waals surface area (Å²) in [6.07, 6.45) is 0. The SMILES string of the molecule is Cc1ccc(C(=O)c2ccccc2C(=O)NCCNC(=O)c2ccc(O)cc2)cc1. The van der Waals surface area contributed by atoms with Gasteiger partial charge in [-0.15, -0.1) is 0 Å². The third-order valence-electron chi connectivity index (χ3n) is 4.56. The number of aromatic hydroxyl groups is 1. The number of hydrogen-bond donors (Lipinski definition) is 3. The van der Waals surface area contributed by atoms with Gasteiger partial charge in [0.25, 0.3) is 11.8 Å². The standard InChI is InChI=1S/C24H22N2O4/c1-16-6-8-17(9-7-16)22(28)20-4-2-3-5-21(20)24(30)26-15-14-25-23(29)18-10-12-19(27)13-11-18/h2-13,27H,14-15H2,1H3,(H,25,29)(H,26,30). The molecule has 3 aromatic rings. The maximum atomic E-state index is 12.8. The third kappa shape index (κ3) is 5.11. The number of carbonyl (C=O) groups excluding carboxylic acids is 3. The van der Waals surface area contributed by atoms with Gasteiger partial charge in [0.2, 0.25) is 0 Å². The van der Waals surface area contributed by atoms with E-state index in [2.05, 4.69) is 10.6 Å². The molecule has 6 heteroatoms. The summed E-state index contributed by atoms with van der Waals surface area (Å²) in [5.74, 6) is -0.830. The van der Waals surface area contributed by atoms with Crippen molar-refractivity contribution >= 4 is 17.6 Å². The molecule has 0 unspecified atom stereocenters. The predicted octanol–water partition coefficient (Wildman–Crippen LogP) is 3.09. The zero-order valence-corrected chi connectivity index (χ0v) is 16.5. The fourth-order valence-electron chi connectivity index (χ4n) is 2.90. The average molecular weight is 402 g/mol. The molecule has 30 heavy (non-hydrogen) atoms. The van der Waals surface area contributed by atoms with Crippen molar-refractivity contribution in [3.05, 3.63) is 101 Å². The summed E-state index contributed by atoms with van der Waals surface area (Å²) in [5, 5.41) is 14.7. The highest BCUT2D eigenvalue weighted by atomic mass is 16.3. The minimum atomic E-state index is -0.384. The molecule has 0 fully saturated rings. The van der Waals surface area contributed by atoms with Gasteiger partial charge in [-0.1, -0.05) is 48.0 Å². The van der Waals surface area contributed by atoms with E-state index in [0.29, 0.717) is 16.7 Å². The molecule has 0 radical (unpaired) electrons. The number of amides is 2. The summed E-state index contributed by atoms with van der Waals surface area (Å²) in [6.45, 7) is 2.37. The van der Waals surface area contributed by atoms with Crippen LogP contribution in [0.25, 0.3) is 0 Å². The molecule has 0 spiro atoms. The molecule has 0 aliphatic heterocycles. The molecule has 3 N–H and O–H groups in total. The third-order valence-corrected chi connectivity index (χ3v) is 4.56. The van der Waals surface area contributed by atoms with E-state index in [1.54, 1.807) is 36.4 Å². The highest BCUT2D eigenvalue weighted by Crippen LogP contribution is 2.15. The molecule has 0 saturated heterocycles. The number of carbonyl (C=O) groups is 3. The van der Waals surface area contributed by atoms with Gasteiger partial charge in [-0.05, 0) is 37.3 Å². The lowest BCUT2D eigenvalue weighted by Crippen LogP contribution is -2.35. The smallest absolute Gasteiger partial charge is 0.252 e. The van der Waals surface area contributed by atoms with Gasteiger partial charge in [-0.25, -0.2) is 0 Å². The van der Waals surface area contributed by atoms with Crippen molar-refractivity contribution in [2.45, 2.75) is 6.92 Å². The van der Waals surface area contributed by atoms with Gasteiger partial charge < -0.3 is 15.7 Å². The quantitative estimate of drug-likeness (QED) is 0.418. The van der Waals surface area contributed by atoms with Crippen LogP contribution in [0.2, 0.25) is 0 Å². The van der Waals surface area contributed by atoms with Crippen molar-refractivity contribution in [2.75, 3.05) is 13.1 Å². The van der Waals surface area contributed by atoms with Gasteiger partial charge in [0.05, 0.1) is 5.56 Å². The highest BCUT2D eigenvalue weighted by molar-refractivity contribution is 6.15. The van der Waals surface area contributed by atoms with Crippen LogP contribution in [0.4, 0.5) is 0 Å². The van der Waals surface area contributed by atoms with E-state index >= 15 is 0 Å². The van der Waals surface area contributed by atoms with E-state index in [-0.39, 0.29) is 42.0 Å². The molecule has 0 aliphatic rings. The topological polar surface area (TPSA) is 95.5 Å². The largest absolute Gasteiger partial charge is 0.508 e. The Labute approximate surface area is 174 Å². The lowest BCUT2D eigenvalue weighted by molar-refractivity contribution is 0.0924. The van der Waals surface area contributed by atoms with Crippen molar-refractivity contribution in [1.82, 2.24) is 10.6 Å². The van der Waals surface area contributed by atoms with Crippen LogP contribution in [0.1, 0.15) is 42.2 Å². The van der Waals surface area contributed by atoms with Crippen LogP contribution in [-0.4, -0.2) is 35.8 Å². The van der Waals surface area contributed by atoms with E-state index in [4.69, 9.17) is 0 Å².